The van der Waals surface area contributed by atoms with Crippen LogP contribution in [0.5, 0.6) is 0 Å². The second-order valence-corrected chi connectivity index (χ2v) is 4.82. The normalized spacial score (nSPS) is 27.3. The van der Waals surface area contributed by atoms with E-state index in [4.69, 9.17) is 5.11 Å². The van der Waals surface area contributed by atoms with Crippen LogP contribution in [-0.2, 0) is 4.79 Å². The predicted octanol–water partition coefficient (Wildman–Crippen LogP) is 1.39. The summed E-state index contributed by atoms with van der Waals surface area (Å²) in [6.45, 7) is 0.362. The summed E-state index contributed by atoms with van der Waals surface area (Å²) >= 11 is 0. The number of carboxylic acid groups (broad SMARTS) is 1. The summed E-state index contributed by atoms with van der Waals surface area (Å²) in [6.07, 6.45) is -0.657. The van der Waals surface area contributed by atoms with Crippen LogP contribution >= 0.6 is 0 Å². The van der Waals surface area contributed by atoms with Crippen molar-refractivity contribution >= 4 is 12.0 Å². The first-order valence-corrected chi connectivity index (χ1v) is 6.07. The van der Waals surface area contributed by atoms with Gasteiger partial charge in [0.1, 0.15) is 6.04 Å². The Bertz CT molecular complexity index is 352. The number of rotatable bonds is 1. The number of alkyl halides is 2. The Labute approximate surface area is 103 Å². The first-order valence-electron chi connectivity index (χ1n) is 6.07. The third-order valence-electron chi connectivity index (χ3n) is 3.59. The zero-order valence-corrected chi connectivity index (χ0v) is 9.94. The van der Waals surface area contributed by atoms with Crippen LogP contribution in [0.25, 0.3) is 0 Å². The second kappa shape index (κ2) is 4.70. The quantitative estimate of drug-likeness (QED) is 0.776. The molecule has 0 aromatic heterocycles. The van der Waals surface area contributed by atoms with Crippen LogP contribution in [-0.4, -0.2) is 58.5 Å². The first kappa shape index (κ1) is 13.0. The molecule has 0 radical (unpaired) electrons. The van der Waals surface area contributed by atoms with Gasteiger partial charge in [0.25, 0.3) is 5.92 Å². The molecule has 2 saturated heterocycles. The molecule has 1 N–H and O–H groups in total. The number of piperidine rings is 1. The number of hydrogen-bond acceptors (Lipinski definition) is 2. The number of hydrogen-bond donors (Lipinski definition) is 1. The molecule has 0 saturated carbocycles. The zero-order chi connectivity index (χ0) is 13.3. The minimum absolute atomic E-state index is 0.00971. The van der Waals surface area contributed by atoms with E-state index in [9.17, 15) is 18.4 Å². The monoisotopic (exact) mass is 262 g/mol. The van der Waals surface area contributed by atoms with Crippen molar-refractivity contribution in [3.05, 3.63) is 0 Å². The van der Waals surface area contributed by atoms with Crippen molar-refractivity contribution in [3.63, 3.8) is 0 Å². The van der Waals surface area contributed by atoms with Gasteiger partial charge in [-0.25, -0.2) is 13.6 Å². The highest BCUT2D eigenvalue weighted by molar-refractivity contribution is 5.86. The molecule has 0 aliphatic carbocycles. The van der Waals surface area contributed by atoms with Crippen molar-refractivity contribution in [2.45, 2.75) is 37.6 Å². The lowest BCUT2D eigenvalue weighted by molar-refractivity contribution is -0.141. The minimum Gasteiger partial charge on any atom is -0.465 e. The molecule has 2 rings (SSSR count). The highest BCUT2D eigenvalue weighted by Crippen LogP contribution is 2.29. The van der Waals surface area contributed by atoms with Crippen LogP contribution in [0, 0.1) is 0 Å². The first-order chi connectivity index (χ1) is 8.41. The molecule has 1 atom stereocenters. The van der Waals surface area contributed by atoms with E-state index >= 15 is 0 Å². The lowest BCUT2D eigenvalue weighted by atomic mass is 10.1. The SMILES string of the molecule is O=C(C1CCCN1C(=O)O)N1CCC(F)(F)CC1. The second-order valence-electron chi connectivity index (χ2n) is 4.82. The fourth-order valence-corrected chi connectivity index (χ4v) is 2.52. The molecule has 18 heavy (non-hydrogen) atoms. The summed E-state index contributed by atoms with van der Waals surface area (Å²) < 4.78 is 26.0. The summed E-state index contributed by atoms with van der Waals surface area (Å²) in [5.41, 5.74) is 0. The predicted molar refractivity (Wildman–Crippen MR) is 58.5 cm³/mol. The molecule has 7 heteroatoms. The molecule has 2 amide bonds. The van der Waals surface area contributed by atoms with Crippen LogP contribution in [0.3, 0.4) is 0 Å². The molecule has 1 unspecified atom stereocenters. The molecule has 5 nitrogen and oxygen atoms in total. The summed E-state index contributed by atoms with van der Waals surface area (Å²) in [7, 11) is 0. The van der Waals surface area contributed by atoms with Gasteiger partial charge in [0, 0.05) is 32.5 Å². The number of amides is 2. The van der Waals surface area contributed by atoms with E-state index in [0.717, 1.165) is 4.90 Å². The van der Waals surface area contributed by atoms with E-state index in [1.54, 1.807) is 0 Å². The van der Waals surface area contributed by atoms with E-state index in [-0.39, 0.29) is 31.8 Å². The maximum absolute atomic E-state index is 13.0. The molecule has 0 spiro atoms. The standard InChI is InChI=1S/C11H16F2N2O3/c12-11(13)3-6-14(7-4-11)9(16)8-2-1-5-15(8)10(17)18/h8H,1-7H2,(H,17,18). The van der Waals surface area contributed by atoms with Crippen LogP contribution in [0.15, 0.2) is 0 Å². The Morgan fingerprint density at radius 3 is 2.33 bits per heavy atom. The van der Waals surface area contributed by atoms with Crippen molar-refractivity contribution in [3.8, 4) is 0 Å². The van der Waals surface area contributed by atoms with Gasteiger partial charge in [-0.05, 0) is 12.8 Å². The Hall–Kier alpha value is -1.40. The van der Waals surface area contributed by atoms with Gasteiger partial charge in [0.2, 0.25) is 5.91 Å². The van der Waals surface area contributed by atoms with E-state index in [1.807, 2.05) is 0 Å². The van der Waals surface area contributed by atoms with Gasteiger partial charge in [-0.15, -0.1) is 0 Å². The molecule has 2 heterocycles. The van der Waals surface area contributed by atoms with Gasteiger partial charge >= 0.3 is 6.09 Å². The summed E-state index contributed by atoms with van der Waals surface area (Å²) in [5, 5.41) is 8.95. The molecule has 0 bridgehead atoms. The maximum atomic E-state index is 13.0. The molecular weight excluding hydrogens is 246 g/mol. The molecule has 2 aliphatic rings. The van der Waals surface area contributed by atoms with Gasteiger partial charge in [0.15, 0.2) is 0 Å². The molecule has 102 valence electrons. The third-order valence-corrected chi connectivity index (χ3v) is 3.59. The maximum Gasteiger partial charge on any atom is 0.407 e. The van der Waals surface area contributed by atoms with E-state index in [0.29, 0.717) is 19.4 Å². The van der Waals surface area contributed by atoms with Crippen molar-refractivity contribution in [1.82, 2.24) is 9.80 Å². The van der Waals surface area contributed by atoms with Crippen LogP contribution in [0.4, 0.5) is 13.6 Å². The average Bonchev–Trinajstić information content (AvgIpc) is 2.77. The average molecular weight is 262 g/mol. The number of halogens is 2. The lowest BCUT2D eigenvalue weighted by Crippen LogP contribution is -2.51. The Balaban J connectivity index is 1.97. The molecule has 0 aromatic carbocycles. The number of nitrogens with zero attached hydrogens (tertiary/aromatic N) is 2. The van der Waals surface area contributed by atoms with Crippen molar-refractivity contribution in [2.24, 2.45) is 0 Å². The fourth-order valence-electron chi connectivity index (χ4n) is 2.52. The third kappa shape index (κ3) is 2.54. The van der Waals surface area contributed by atoms with Crippen molar-refractivity contribution < 1.29 is 23.5 Å². The highest BCUT2D eigenvalue weighted by atomic mass is 19.3. The summed E-state index contributed by atoms with van der Waals surface area (Å²) in [6, 6.07) is -0.686. The number of carbonyl (C=O) groups excluding carboxylic acids is 1. The van der Waals surface area contributed by atoms with Gasteiger partial charge in [-0.3, -0.25) is 9.69 Å². The van der Waals surface area contributed by atoms with Crippen LogP contribution in [0.1, 0.15) is 25.7 Å². The van der Waals surface area contributed by atoms with Crippen LogP contribution in [0.2, 0.25) is 0 Å². The lowest BCUT2D eigenvalue weighted by Gasteiger charge is -2.34. The molecule has 2 aliphatic heterocycles. The molecule has 2 fully saturated rings. The Morgan fingerprint density at radius 2 is 1.78 bits per heavy atom. The largest absolute Gasteiger partial charge is 0.465 e. The smallest absolute Gasteiger partial charge is 0.407 e. The summed E-state index contributed by atoms with van der Waals surface area (Å²) in [5.74, 6) is -3.02. The Morgan fingerprint density at radius 1 is 1.17 bits per heavy atom. The van der Waals surface area contributed by atoms with E-state index in [2.05, 4.69) is 0 Å². The van der Waals surface area contributed by atoms with Gasteiger partial charge in [-0.1, -0.05) is 0 Å². The number of likely N-dealkylation sites (tertiary alicyclic amines) is 2. The zero-order valence-electron chi connectivity index (χ0n) is 9.94. The van der Waals surface area contributed by atoms with Gasteiger partial charge < -0.3 is 10.0 Å². The van der Waals surface area contributed by atoms with E-state index < -0.39 is 18.1 Å². The van der Waals surface area contributed by atoms with Crippen LogP contribution < -0.4 is 0 Å². The topological polar surface area (TPSA) is 60.9 Å². The van der Waals surface area contributed by atoms with Gasteiger partial charge in [-0.2, -0.15) is 0 Å². The van der Waals surface area contributed by atoms with Gasteiger partial charge in [0.05, 0.1) is 0 Å². The molecular formula is C11H16F2N2O3. The minimum atomic E-state index is -2.70. The highest BCUT2D eigenvalue weighted by Gasteiger charge is 2.41. The van der Waals surface area contributed by atoms with Crippen molar-refractivity contribution in [2.75, 3.05) is 19.6 Å². The Kier molecular flexibility index (Phi) is 3.41. The number of carbonyl (C=O) groups is 2. The summed E-state index contributed by atoms with van der Waals surface area (Å²) in [4.78, 5) is 25.5. The fraction of sp³-hybridized carbons (Fsp3) is 0.818. The van der Waals surface area contributed by atoms with E-state index in [1.165, 1.54) is 4.90 Å². The van der Waals surface area contributed by atoms with Crippen molar-refractivity contribution in [1.29, 1.82) is 0 Å². The molecule has 0 aromatic rings.